The Morgan fingerprint density at radius 3 is 2.00 bits per heavy atom. The Hall–Kier alpha value is -1.56. The lowest BCUT2D eigenvalue weighted by Gasteiger charge is -2.12. The Balaban J connectivity index is 2.10. The van der Waals surface area contributed by atoms with E-state index in [1.807, 2.05) is 24.3 Å². The average Bonchev–Trinajstić information content (AvgIpc) is 2.48. The summed E-state index contributed by atoms with van der Waals surface area (Å²) in [5.74, 6) is 0.267. The number of hydrogen-bond donors (Lipinski definition) is 0. The summed E-state index contributed by atoms with van der Waals surface area (Å²) in [6, 6.07) is 15.9. The maximum Gasteiger partial charge on any atom is 0.346 e. The molecule has 20 heavy (non-hydrogen) atoms. The highest BCUT2D eigenvalue weighted by Gasteiger charge is 2.14. The summed E-state index contributed by atoms with van der Waals surface area (Å²) in [6.07, 6.45) is -0.607. The number of hydrogen-bond acceptors (Lipinski definition) is 3. The second-order valence-electron chi connectivity index (χ2n) is 4.31. The van der Waals surface area contributed by atoms with Crippen LogP contribution in [0.4, 0.5) is 0 Å². The summed E-state index contributed by atoms with van der Waals surface area (Å²) in [6.45, 7) is 1.67. The first-order valence-electron chi connectivity index (χ1n) is 6.20. The number of methoxy groups -OCH3 is 1. The second-order valence-corrected chi connectivity index (χ2v) is 5.56. The molecular weight excluding hydrogens is 367 g/mol. The normalized spacial score (nSPS) is 11.8. The van der Waals surface area contributed by atoms with Crippen molar-refractivity contribution >= 4 is 28.6 Å². The van der Waals surface area contributed by atoms with Crippen molar-refractivity contribution in [2.24, 2.45) is 0 Å². The van der Waals surface area contributed by atoms with E-state index in [2.05, 4.69) is 51.6 Å². The summed E-state index contributed by atoms with van der Waals surface area (Å²) in [5, 5.41) is 0. The molecule has 0 unspecified atom stereocenters. The Labute approximate surface area is 132 Å². The highest BCUT2D eigenvalue weighted by molar-refractivity contribution is 14.1. The zero-order valence-electron chi connectivity index (χ0n) is 11.3. The number of benzene rings is 2. The minimum absolute atomic E-state index is 0.383. The van der Waals surface area contributed by atoms with Crippen LogP contribution in [0.1, 0.15) is 6.92 Å². The van der Waals surface area contributed by atoms with Gasteiger partial charge in [-0.05, 0) is 64.9 Å². The van der Waals surface area contributed by atoms with Crippen molar-refractivity contribution in [3.63, 3.8) is 0 Å². The van der Waals surface area contributed by atoms with E-state index in [-0.39, 0.29) is 5.97 Å². The number of halogens is 1. The summed E-state index contributed by atoms with van der Waals surface area (Å²) in [5.41, 5.74) is 2.26. The molecule has 2 rings (SSSR count). The number of esters is 1. The summed E-state index contributed by atoms with van der Waals surface area (Å²) >= 11 is 2.28. The van der Waals surface area contributed by atoms with E-state index in [0.29, 0.717) is 5.75 Å². The summed E-state index contributed by atoms with van der Waals surface area (Å²) in [7, 11) is 1.35. The predicted molar refractivity (Wildman–Crippen MR) is 86.7 cm³/mol. The Kier molecular flexibility index (Phi) is 5.00. The van der Waals surface area contributed by atoms with E-state index in [9.17, 15) is 4.79 Å². The molecule has 0 N–H and O–H groups in total. The molecule has 0 bridgehead atoms. The quantitative estimate of drug-likeness (QED) is 0.595. The van der Waals surface area contributed by atoms with Gasteiger partial charge in [-0.25, -0.2) is 4.79 Å². The van der Waals surface area contributed by atoms with Crippen LogP contribution in [0.15, 0.2) is 48.5 Å². The molecule has 0 saturated heterocycles. The van der Waals surface area contributed by atoms with E-state index in [1.165, 1.54) is 10.7 Å². The fraction of sp³-hybridized carbons (Fsp3) is 0.188. The summed E-state index contributed by atoms with van der Waals surface area (Å²) < 4.78 is 11.3. The van der Waals surface area contributed by atoms with E-state index >= 15 is 0 Å². The van der Waals surface area contributed by atoms with Gasteiger partial charge in [0.05, 0.1) is 7.11 Å². The van der Waals surface area contributed by atoms with Gasteiger partial charge in [-0.15, -0.1) is 0 Å². The van der Waals surface area contributed by atoms with Gasteiger partial charge in [0.2, 0.25) is 0 Å². The van der Waals surface area contributed by atoms with Gasteiger partial charge in [0, 0.05) is 3.57 Å². The molecule has 0 radical (unpaired) electrons. The molecule has 0 spiro atoms. The van der Waals surface area contributed by atoms with E-state index in [0.717, 1.165) is 11.1 Å². The van der Waals surface area contributed by atoms with Gasteiger partial charge in [-0.2, -0.15) is 0 Å². The molecule has 2 aromatic rings. The van der Waals surface area contributed by atoms with Crippen molar-refractivity contribution < 1.29 is 14.3 Å². The molecule has 104 valence electrons. The van der Waals surface area contributed by atoms with Crippen molar-refractivity contribution in [1.29, 1.82) is 0 Å². The second kappa shape index (κ2) is 6.74. The van der Waals surface area contributed by atoms with Gasteiger partial charge in [0.25, 0.3) is 0 Å². The fourth-order valence-corrected chi connectivity index (χ4v) is 2.15. The maximum atomic E-state index is 11.3. The van der Waals surface area contributed by atoms with Crippen LogP contribution in [-0.4, -0.2) is 19.2 Å². The third-order valence-corrected chi connectivity index (χ3v) is 3.60. The van der Waals surface area contributed by atoms with Crippen LogP contribution in [0.25, 0.3) is 11.1 Å². The van der Waals surface area contributed by atoms with Gasteiger partial charge in [0.15, 0.2) is 6.10 Å². The molecule has 0 aliphatic rings. The largest absolute Gasteiger partial charge is 0.479 e. The molecule has 4 heteroatoms. The Morgan fingerprint density at radius 1 is 1.00 bits per heavy atom. The Bertz CT molecular complexity index is 576. The first-order chi connectivity index (χ1) is 9.60. The van der Waals surface area contributed by atoms with Crippen LogP contribution >= 0.6 is 22.6 Å². The average molecular weight is 382 g/mol. The molecule has 0 aliphatic carbocycles. The SMILES string of the molecule is COC(=O)[C@@H](C)Oc1ccc(-c2ccc(I)cc2)cc1. The first kappa shape index (κ1) is 14.8. The highest BCUT2D eigenvalue weighted by atomic mass is 127. The molecule has 0 amide bonds. The van der Waals surface area contributed by atoms with Crippen LogP contribution in [0.2, 0.25) is 0 Å². The van der Waals surface area contributed by atoms with Crippen LogP contribution in [0, 0.1) is 3.57 Å². The molecule has 0 aliphatic heterocycles. The highest BCUT2D eigenvalue weighted by Crippen LogP contribution is 2.23. The lowest BCUT2D eigenvalue weighted by atomic mass is 10.1. The standard InChI is InChI=1S/C16H15IO3/c1-11(16(18)19-2)20-15-9-5-13(6-10-15)12-3-7-14(17)8-4-12/h3-11H,1-2H3/t11-/m1/s1. The lowest BCUT2D eigenvalue weighted by molar-refractivity contribution is -0.147. The van der Waals surface area contributed by atoms with Gasteiger partial charge in [-0.3, -0.25) is 0 Å². The summed E-state index contributed by atoms with van der Waals surface area (Å²) in [4.78, 5) is 11.3. The van der Waals surface area contributed by atoms with Crippen LogP contribution in [0.5, 0.6) is 5.75 Å². The van der Waals surface area contributed by atoms with Crippen LogP contribution in [0.3, 0.4) is 0 Å². The van der Waals surface area contributed by atoms with E-state index in [1.54, 1.807) is 6.92 Å². The number of carbonyl (C=O) groups excluding carboxylic acids is 1. The van der Waals surface area contributed by atoms with Crippen molar-refractivity contribution in [2.75, 3.05) is 7.11 Å². The molecule has 0 fully saturated rings. The minimum atomic E-state index is -0.607. The Morgan fingerprint density at radius 2 is 1.50 bits per heavy atom. The van der Waals surface area contributed by atoms with Crippen molar-refractivity contribution in [2.45, 2.75) is 13.0 Å². The molecule has 0 heterocycles. The van der Waals surface area contributed by atoms with E-state index < -0.39 is 6.10 Å². The molecular formula is C16H15IO3. The van der Waals surface area contributed by atoms with Crippen molar-refractivity contribution in [3.05, 3.63) is 52.1 Å². The third-order valence-electron chi connectivity index (χ3n) is 2.88. The zero-order chi connectivity index (χ0) is 14.5. The molecule has 0 saturated carbocycles. The van der Waals surface area contributed by atoms with Gasteiger partial charge in [-0.1, -0.05) is 24.3 Å². The molecule has 0 aromatic heterocycles. The van der Waals surface area contributed by atoms with Crippen molar-refractivity contribution in [3.8, 4) is 16.9 Å². The smallest absolute Gasteiger partial charge is 0.346 e. The molecule has 1 atom stereocenters. The van der Waals surface area contributed by atoms with Gasteiger partial charge in [0.1, 0.15) is 5.75 Å². The van der Waals surface area contributed by atoms with Gasteiger partial charge < -0.3 is 9.47 Å². The minimum Gasteiger partial charge on any atom is -0.479 e. The molecule has 3 nitrogen and oxygen atoms in total. The topological polar surface area (TPSA) is 35.5 Å². The zero-order valence-corrected chi connectivity index (χ0v) is 13.5. The number of ether oxygens (including phenoxy) is 2. The van der Waals surface area contributed by atoms with Crippen LogP contribution < -0.4 is 4.74 Å². The number of rotatable bonds is 4. The fourth-order valence-electron chi connectivity index (χ4n) is 1.79. The van der Waals surface area contributed by atoms with Crippen molar-refractivity contribution in [1.82, 2.24) is 0 Å². The van der Waals surface area contributed by atoms with E-state index in [4.69, 9.17) is 4.74 Å². The maximum absolute atomic E-state index is 11.3. The molecule has 2 aromatic carbocycles. The number of carbonyl (C=O) groups is 1. The lowest BCUT2D eigenvalue weighted by Crippen LogP contribution is -2.24. The van der Waals surface area contributed by atoms with Crippen LogP contribution in [-0.2, 0) is 9.53 Å². The third kappa shape index (κ3) is 3.72. The monoisotopic (exact) mass is 382 g/mol. The first-order valence-corrected chi connectivity index (χ1v) is 7.28. The predicted octanol–water partition coefficient (Wildman–Crippen LogP) is 3.90. The van der Waals surface area contributed by atoms with Gasteiger partial charge >= 0.3 is 5.97 Å².